The fraction of sp³-hybridized carbons (Fsp3) is 0.417. The topological polar surface area (TPSA) is 56.3 Å². The molecule has 0 spiro atoms. The molecule has 0 aliphatic heterocycles. The average molecular weight is 221 g/mol. The Balaban J connectivity index is 2.82. The molecule has 0 bridgehead atoms. The van der Waals surface area contributed by atoms with Crippen LogP contribution in [-0.4, -0.2) is 23.3 Å². The number of esters is 1. The van der Waals surface area contributed by atoms with Crippen LogP contribution in [0, 0.1) is 5.92 Å². The maximum Gasteiger partial charge on any atom is 0.316 e. The largest absolute Gasteiger partial charge is 0.465 e. The lowest BCUT2D eigenvalue weighted by Gasteiger charge is -2.11. The summed E-state index contributed by atoms with van der Waals surface area (Å²) in [6.45, 7) is 3.80. The van der Waals surface area contributed by atoms with Gasteiger partial charge in [0.15, 0.2) is 5.78 Å². The Bertz CT molecular complexity index is 362. The van der Waals surface area contributed by atoms with Crippen molar-refractivity contribution in [1.82, 2.24) is 4.98 Å². The summed E-state index contributed by atoms with van der Waals surface area (Å²) in [5.74, 6) is -1.41. The molecule has 0 aromatic carbocycles. The Hall–Kier alpha value is -1.71. The molecule has 1 atom stereocenters. The minimum atomic E-state index is -0.718. The maximum absolute atomic E-state index is 12.0. The Morgan fingerprint density at radius 1 is 1.44 bits per heavy atom. The molecule has 1 aromatic heterocycles. The number of carbonyl (C=O) groups excluding carboxylic acids is 2. The van der Waals surface area contributed by atoms with Crippen LogP contribution in [0.25, 0.3) is 0 Å². The zero-order valence-corrected chi connectivity index (χ0v) is 9.47. The number of pyridine rings is 1. The lowest BCUT2D eigenvalue weighted by molar-refractivity contribution is -0.146. The highest BCUT2D eigenvalue weighted by molar-refractivity contribution is 6.08. The number of hydrogen-bond acceptors (Lipinski definition) is 4. The molecule has 0 amide bonds. The second-order valence-electron chi connectivity index (χ2n) is 3.32. The van der Waals surface area contributed by atoms with Crippen molar-refractivity contribution in [3.05, 3.63) is 30.1 Å². The van der Waals surface area contributed by atoms with Gasteiger partial charge in [0.1, 0.15) is 5.92 Å². The molecule has 0 unspecified atom stereocenters. The van der Waals surface area contributed by atoms with E-state index in [2.05, 4.69) is 4.98 Å². The zero-order valence-electron chi connectivity index (χ0n) is 9.47. The van der Waals surface area contributed by atoms with E-state index in [1.54, 1.807) is 32.2 Å². The summed E-state index contributed by atoms with van der Waals surface area (Å²) in [7, 11) is 0. The van der Waals surface area contributed by atoms with E-state index in [-0.39, 0.29) is 12.4 Å². The van der Waals surface area contributed by atoms with Gasteiger partial charge in [0.2, 0.25) is 0 Å². The summed E-state index contributed by atoms with van der Waals surface area (Å²) in [4.78, 5) is 27.3. The smallest absolute Gasteiger partial charge is 0.316 e. The van der Waals surface area contributed by atoms with Crippen LogP contribution in [0.3, 0.4) is 0 Å². The van der Waals surface area contributed by atoms with Crippen LogP contribution in [-0.2, 0) is 9.53 Å². The number of hydrogen-bond donors (Lipinski definition) is 0. The third kappa shape index (κ3) is 2.89. The van der Waals surface area contributed by atoms with Crippen LogP contribution in [0.4, 0.5) is 0 Å². The van der Waals surface area contributed by atoms with Gasteiger partial charge in [-0.25, -0.2) is 0 Å². The number of carbonyl (C=O) groups is 2. The van der Waals surface area contributed by atoms with Gasteiger partial charge in [-0.2, -0.15) is 0 Å². The van der Waals surface area contributed by atoms with E-state index >= 15 is 0 Å². The molecular weight excluding hydrogens is 206 g/mol. The number of rotatable bonds is 5. The zero-order chi connectivity index (χ0) is 12.0. The van der Waals surface area contributed by atoms with Crippen LogP contribution >= 0.6 is 0 Å². The van der Waals surface area contributed by atoms with E-state index in [0.717, 1.165) is 0 Å². The molecule has 86 valence electrons. The van der Waals surface area contributed by atoms with Gasteiger partial charge < -0.3 is 4.74 Å². The Morgan fingerprint density at radius 3 is 2.69 bits per heavy atom. The van der Waals surface area contributed by atoms with Crippen LogP contribution in [0.5, 0.6) is 0 Å². The molecule has 0 saturated heterocycles. The van der Waals surface area contributed by atoms with Gasteiger partial charge >= 0.3 is 5.97 Å². The number of ketones is 1. The first kappa shape index (κ1) is 12.4. The summed E-state index contributed by atoms with van der Waals surface area (Å²) in [6.07, 6.45) is 3.48. The van der Waals surface area contributed by atoms with Crippen LogP contribution in [0.15, 0.2) is 24.5 Å². The molecule has 1 aromatic rings. The standard InChI is InChI=1S/C12H15NO3/c1-3-10(12(15)16-4-2)11(14)9-6-5-7-13-8-9/h5-8,10H,3-4H2,1-2H3/t10-/m1/s1. The molecule has 0 fully saturated rings. The summed E-state index contributed by atoms with van der Waals surface area (Å²) in [5, 5.41) is 0. The third-order valence-corrected chi connectivity index (χ3v) is 2.24. The quantitative estimate of drug-likeness (QED) is 0.432. The molecule has 0 aliphatic carbocycles. The van der Waals surface area contributed by atoms with Crippen LogP contribution in [0.2, 0.25) is 0 Å². The van der Waals surface area contributed by atoms with Gasteiger partial charge in [0.05, 0.1) is 6.61 Å². The summed E-state index contributed by atoms with van der Waals surface area (Å²) >= 11 is 0. The second-order valence-corrected chi connectivity index (χ2v) is 3.32. The van der Waals surface area contributed by atoms with Crippen molar-refractivity contribution in [3.8, 4) is 0 Å². The number of aromatic nitrogens is 1. The summed E-state index contributed by atoms with van der Waals surface area (Å²) in [5.41, 5.74) is 0.447. The van der Waals surface area contributed by atoms with Crippen molar-refractivity contribution in [1.29, 1.82) is 0 Å². The fourth-order valence-corrected chi connectivity index (χ4v) is 1.41. The SMILES string of the molecule is CCOC(=O)[C@H](CC)C(=O)c1cccnc1. The number of nitrogens with zero attached hydrogens (tertiary/aromatic N) is 1. The van der Waals surface area contributed by atoms with E-state index in [0.29, 0.717) is 12.0 Å². The minimum absolute atomic E-state index is 0.228. The predicted molar refractivity (Wildman–Crippen MR) is 59.0 cm³/mol. The molecule has 1 heterocycles. The van der Waals surface area contributed by atoms with Crippen LogP contribution < -0.4 is 0 Å². The minimum Gasteiger partial charge on any atom is -0.465 e. The monoisotopic (exact) mass is 221 g/mol. The van der Waals surface area contributed by atoms with Crippen molar-refractivity contribution in [3.63, 3.8) is 0 Å². The van der Waals surface area contributed by atoms with Gasteiger partial charge in [-0.3, -0.25) is 14.6 Å². The number of ether oxygens (including phenoxy) is 1. The molecular formula is C12H15NO3. The lowest BCUT2D eigenvalue weighted by atomic mass is 9.96. The molecule has 4 heteroatoms. The van der Waals surface area contributed by atoms with Crippen molar-refractivity contribution in [2.24, 2.45) is 5.92 Å². The van der Waals surface area contributed by atoms with Crippen LogP contribution in [0.1, 0.15) is 30.6 Å². The average Bonchev–Trinajstić information content (AvgIpc) is 2.31. The molecule has 0 saturated carbocycles. The Kier molecular flexibility index (Phi) is 4.64. The highest BCUT2D eigenvalue weighted by atomic mass is 16.5. The first-order valence-corrected chi connectivity index (χ1v) is 5.31. The van der Waals surface area contributed by atoms with Gasteiger partial charge in [-0.1, -0.05) is 6.92 Å². The van der Waals surface area contributed by atoms with Crippen molar-refractivity contribution in [2.75, 3.05) is 6.61 Å². The maximum atomic E-state index is 12.0. The van der Waals surface area contributed by atoms with E-state index in [1.807, 2.05) is 0 Å². The molecule has 0 aliphatic rings. The predicted octanol–water partition coefficient (Wildman–Crippen LogP) is 1.85. The molecule has 4 nitrogen and oxygen atoms in total. The molecule has 0 radical (unpaired) electrons. The van der Waals surface area contributed by atoms with Crippen molar-refractivity contribution < 1.29 is 14.3 Å². The first-order valence-electron chi connectivity index (χ1n) is 5.31. The fourth-order valence-electron chi connectivity index (χ4n) is 1.41. The van der Waals surface area contributed by atoms with Crippen molar-refractivity contribution in [2.45, 2.75) is 20.3 Å². The Morgan fingerprint density at radius 2 is 2.19 bits per heavy atom. The molecule has 0 N–H and O–H groups in total. The number of Topliss-reactive ketones (excluding diaryl/α,β-unsaturated/α-hetero) is 1. The molecule has 1 rings (SSSR count). The molecule has 16 heavy (non-hydrogen) atoms. The second kappa shape index (κ2) is 6.00. The first-order chi connectivity index (χ1) is 7.70. The van der Waals surface area contributed by atoms with E-state index in [1.165, 1.54) is 6.20 Å². The van der Waals surface area contributed by atoms with Gasteiger partial charge in [0.25, 0.3) is 0 Å². The van der Waals surface area contributed by atoms with E-state index in [4.69, 9.17) is 4.74 Å². The van der Waals surface area contributed by atoms with Gasteiger partial charge in [-0.05, 0) is 25.5 Å². The normalized spacial score (nSPS) is 11.9. The van der Waals surface area contributed by atoms with Crippen molar-refractivity contribution >= 4 is 11.8 Å². The van der Waals surface area contributed by atoms with E-state index < -0.39 is 11.9 Å². The summed E-state index contributed by atoms with van der Waals surface area (Å²) in [6, 6.07) is 3.32. The highest BCUT2D eigenvalue weighted by Crippen LogP contribution is 2.13. The lowest BCUT2D eigenvalue weighted by Crippen LogP contribution is -2.25. The third-order valence-electron chi connectivity index (χ3n) is 2.24. The van der Waals surface area contributed by atoms with E-state index in [9.17, 15) is 9.59 Å². The Labute approximate surface area is 94.6 Å². The van der Waals surface area contributed by atoms with Gasteiger partial charge in [-0.15, -0.1) is 0 Å². The van der Waals surface area contributed by atoms with Gasteiger partial charge in [0, 0.05) is 18.0 Å². The highest BCUT2D eigenvalue weighted by Gasteiger charge is 2.26. The summed E-state index contributed by atoms with van der Waals surface area (Å²) < 4.78 is 4.86.